The maximum Gasteiger partial charge on any atom is 0.255 e. The second-order valence-electron chi connectivity index (χ2n) is 4.81. The number of rotatable bonds is 6. The summed E-state index contributed by atoms with van der Waals surface area (Å²) in [5, 5.41) is 11.4. The van der Waals surface area contributed by atoms with Crippen LogP contribution in [0.25, 0.3) is 0 Å². The number of sulfonamides is 1. The van der Waals surface area contributed by atoms with Gasteiger partial charge in [0, 0.05) is 17.8 Å². The predicted molar refractivity (Wildman–Crippen MR) is 90.9 cm³/mol. The molecule has 24 heavy (non-hydrogen) atoms. The Labute approximate surface area is 140 Å². The predicted octanol–water partition coefficient (Wildman–Crippen LogP) is 2.27. The molecule has 1 amide bonds. The van der Waals surface area contributed by atoms with E-state index < -0.39 is 10.0 Å². The van der Waals surface area contributed by atoms with Crippen LogP contribution >= 0.6 is 0 Å². The van der Waals surface area contributed by atoms with Crippen molar-refractivity contribution in [3.8, 4) is 6.07 Å². The maximum atomic E-state index is 12.1. The summed E-state index contributed by atoms with van der Waals surface area (Å²) < 4.78 is 26.2. The van der Waals surface area contributed by atoms with E-state index in [2.05, 4.69) is 16.6 Å². The molecule has 2 aromatic rings. The maximum absolute atomic E-state index is 12.1. The number of carbonyl (C=O) groups is 1. The highest BCUT2D eigenvalue weighted by Gasteiger charge is 2.14. The summed E-state index contributed by atoms with van der Waals surface area (Å²) in [6, 6.07) is 14.0. The van der Waals surface area contributed by atoms with Gasteiger partial charge in [-0.2, -0.15) is 5.26 Å². The topological polar surface area (TPSA) is 99.1 Å². The van der Waals surface area contributed by atoms with Gasteiger partial charge in [0.1, 0.15) is 0 Å². The summed E-state index contributed by atoms with van der Waals surface area (Å²) in [4.78, 5) is 12.2. The molecule has 2 aromatic carbocycles. The lowest BCUT2D eigenvalue weighted by atomic mass is 10.2. The lowest BCUT2D eigenvalue weighted by Crippen LogP contribution is -2.23. The van der Waals surface area contributed by atoms with Crippen molar-refractivity contribution in [2.45, 2.75) is 4.90 Å². The van der Waals surface area contributed by atoms with Gasteiger partial charge >= 0.3 is 0 Å². The first-order valence-corrected chi connectivity index (χ1v) is 8.47. The summed E-state index contributed by atoms with van der Waals surface area (Å²) in [5.41, 5.74) is 1.36. The fourth-order valence-electron chi connectivity index (χ4n) is 1.87. The quantitative estimate of drug-likeness (QED) is 0.787. The highest BCUT2D eigenvalue weighted by molar-refractivity contribution is 7.89. The molecule has 0 radical (unpaired) electrons. The lowest BCUT2D eigenvalue weighted by Gasteiger charge is -2.07. The molecule has 0 spiro atoms. The van der Waals surface area contributed by atoms with Crippen LogP contribution in [0.3, 0.4) is 0 Å². The molecule has 0 heterocycles. The molecule has 0 unspecified atom stereocenters. The molecule has 0 atom stereocenters. The van der Waals surface area contributed by atoms with Gasteiger partial charge in [-0.25, -0.2) is 13.1 Å². The molecular formula is C17H15N3O3S. The molecule has 2 N–H and O–H groups in total. The van der Waals surface area contributed by atoms with E-state index in [1.165, 1.54) is 30.3 Å². The molecular weight excluding hydrogens is 326 g/mol. The van der Waals surface area contributed by atoms with E-state index in [0.29, 0.717) is 16.8 Å². The minimum Gasteiger partial charge on any atom is -0.322 e. The van der Waals surface area contributed by atoms with Crippen molar-refractivity contribution in [3.63, 3.8) is 0 Å². The molecule has 2 rings (SSSR count). The highest BCUT2D eigenvalue weighted by atomic mass is 32.2. The summed E-state index contributed by atoms with van der Waals surface area (Å²) >= 11 is 0. The molecule has 0 aliphatic heterocycles. The fourth-order valence-corrected chi connectivity index (χ4v) is 2.87. The Bertz CT molecular complexity index is 880. The highest BCUT2D eigenvalue weighted by Crippen LogP contribution is 2.14. The number of nitriles is 1. The van der Waals surface area contributed by atoms with Crippen molar-refractivity contribution >= 4 is 21.6 Å². The van der Waals surface area contributed by atoms with E-state index in [0.717, 1.165) is 0 Å². The second-order valence-corrected chi connectivity index (χ2v) is 6.58. The zero-order valence-electron chi connectivity index (χ0n) is 12.7. The SMILES string of the molecule is C=CCNS(=O)(=O)c1ccc(C(=O)Nc2ccc(C#N)cc2)cc1. The van der Waals surface area contributed by atoms with E-state index in [1.807, 2.05) is 6.07 Å². The van der Waals surface area contributed by atoms with Crippen LogP contribution in [0, 0.1) is 11.3 Å². The number of hydrogen-bond acceptors (Lipinski definition) is 4. The minimum atomic E-state index is -3.62. The van der Waals surface area contributed by atoms with Crippen molar-refractivity contribution in [3.05, 3.63) is 72.3 Å². The van der Waals surface area contributed by atoms with Crippen molar-refractivity contribution in [2.75, 3.05) is 11.9 Å². The Morgan fingerprint density at radius 1 is 1.12 bits per heavy atom. The zero-order valence-corrected chi connectivity index (χ0v) is 13.5. The van der Waals surface area contributed by atoms with Crippen molar-refractivity contribution in [2.24, 2.45) is 0 Å². The van der Waals surface area contributed by atoms with E-state index in [1.54, 1.807) is 24.3 Å². The molecule has 7 heteroatoms. The number of anilines is 1. The molecule has 6 nitrogen and oxygen atoms in total. The van der Waals surface area contributed by atoms with Crippen LogP contribution in [0.15, 0.2) is 66.1 Å². The Morgan fingerprint density at radius 3 is 2.29 bits per heavy atom. The zero-order chi connectivity index (χ0) is 17.6. The first-order chi connectivity index (χ1) is 11.5. The van der Waals surface area contributed by atoms with Crippen molar-refractivity contribution in [1.82, 2.24) is 4.72 Å². The van der Waals surface area contributed by atoms with Gasteiger partial charge in [-0.3, -0.25) is 4.79 Å². The lowest BCUT2D eigenvalue weighted by molar-refractivity contribution is 0.102. The van der Waals surface area contributed by atoms with Gasteiger partial charge in [0.15, 0.2) is 0 Å². The van der Waals surface area contributed by atoms with Gasteiger partial charge in [-0.05, 0) is 48.5 Å². The van der Waals surface area contributed by atoms with E-state index in [4.69, 9.17) is 5.26 Å². The first kappa shape index (κ1) is 17.4. The average Bonchev–Trinajstić information content (AvgIpc) is 2.60. The van der Waals surface area contributed by atoms with Crippen LogP contribution in [0.5, 0.6) is 0 Å². The number of amides is 1. The number of nitrogens with zero attached hydrogens (tertiary/aromatic N) is 1. The third-order valence-electron chi connectivity index (χ3n) is 3.12. The van der Waals surface area contributed by atoms with Crippen LogP contribution in [-0.2, 0) is 10.0 Å². The molecule has 0 saturated heterocycles. The van der Waals surface area contributed by atoms with Gasteiger partial charge in [-0.15, -0.1) is 6.58 Å². The fraction of sp³-hybridized carbons (Fsp3) is 0.0588. The van der Waals surface area contributed by atoms with Crippen LogP contribution < -0.4 is 10.0 Å². The average molecular weight is 341 g/mol. The van der Waals surface area contributed by atoms with Crippen LogP contribution in [-0.4, -0.2) is 20.9 Å². The molecule has 0 saturated carbocycles. The van der Waals surface area contributed by atoms with E-state index in [9.17, 15) is 13.2 Å². The summed E-state index contributed by atoms with van der Waals surface area (Å²) in [5.74, 6) is -0.372. The number of nitrogens with one attached hydrogen (secondary N) is 2. The first-order valence-electron chi connectivity index (χ1n) is 6.98. The summed E-state index contributed by atoms with van der Waals surface area (Å²) in [7, 11) is -3.62. The molecule has 0 aliphatic carbocycles. The van der Waals surface area contributed by atoms with Crippen LogP contribution in [0.1, 0.15) is 15.9 Å². The Hall–Kier alpha value is -2.95. The molecule has 0 bridgehead atoms. The minimum absolute atomic E-state index is 0.0688. The van der Waals surface area contributed by atoms with Crippen LogP contribution in [0.2, 0.25) is 0 Å². The van der Waals surface area contributed by atoms with Gasteiger partial charge in [0.25, 0.3) is 5.91 Å². The number of carbonyl (C=O) groups excluding carboxylic acids is 1. The van der Waals surface area contributed by atoms with E-state index in [-0.39, 0.29) is 17.3 Å². The van der Waals surface area contributed by atoms with Gasteiger partial charge in [-0.1, -0.05) is 6.08 Å². The third kappa shape index (κ3) is 4.29. The Morgan fingerprint density at radius 2 is 1.75 bits per heavy atom. The van der Waals surface area contributed by atoms with Crippen LogP contribution in [0.4, 0.5) is 5.69 Å². The molecule has 0 fully saturated rings. The third-order valence-corrected chi connectivity index (χ3v) is 4.56. The Kier molecular flexibility index (Phi) is 5.47. The standard InChI is InChI=1S/C17H15N3O3S/c1-2-11-19-24(22,23)16-9-5-14(6-10-16)17(21)20-15-7-3-13(12-18)4-8-15/h2-10,19H,1,11H2,(H,20,21). The largest absolute Gasteiger partial charge is 0.322 e. The van der Waals surface area contributed by atoms with Gasteiger partial charge in [0.05, 0.1) is 16.5 Å². The Balaban J connectivity index is 2.10. The van der Waals surface area contributed by atoms with E-state index >= 15 is 0 Å². The summed E-state index contributed by atoms with van der Waals surface area (Å²) in [6.45, 7) is 3.58. The van der Waals surface area contributed by atoms with Gasteiger partial charge in [0.2, 0.25) is 10.0 Å². The normalized spacial score (nSPS) is 10.6. The second kappa shape index (κ2) is 7.55. The molecule has 0 aliphatic rings. The number of benzene rings is 2. The molecule has 122 valence electrons. The molecule has 0 aromatic heterocycles. The monoisotopic (exact) mass is 341 g/mol. The van der Waals surface area contributed by atoms with Crippen molar-refractivity contribution in [1.29, 1.82) is 5.26 Å². The number of hydrogen-bond donors (Lipinski definition) is 2. The summed E-state index contributed by atoms with van der Waals surface area (Å²) in [6.07, 6.45) is 1.44. The van der Waals surface area contributed by atoms with Crippen molar-refractivity contribution < 1.29 is 13.2 Å². The van der Waals surface area contributed by atoms with Gasteiger partial charge < -0.3 is 5.32 Å². The smallest absolute Gasteiger partial charge is 0.255 e.